The molecular formula is C21H31FO4. The molecule has 5 heteroatoms. The molecule has 146 valence electrons. The van der Waals surface area contributed by atoms with Crippen LogP contribution in [-0.2, 0) is 14.3 Å². The van der Waals surface area contributed by atoms with Crippen LogP contribution in [0.3, 0.4) is 0 Å². The first-order chi connectivity index (χ1) is 12.6. The van der Waals surface area contributed by atoms with Gasteiger partial charge in [-0.25, -0.2) is 4.39 Å². The van der Waals surface area contributed by atoms with Crippen molar-refractivity contribution in [1.82, 2.24) is 0 Å². The highest BCUT2D eigenvalue weighted by Gasteiger charge is 2.06. The number of ether oxygens (including phenoxy) is 2. The predicted molar refractivity (Wildman–Crippen MR) is 99.5 cm³/mol. The van der Waals surface area contributed by atoms with E-state index in [0.717, 1.165) is 57.8 Å². The molecule has 0 amide bonds. The fourth-order valence-electron chi connectivity index (χ4n) is 2.57. The third-order valence-electron chi connectivity index (χ3n) is 4.05. The van der Waals surface area contributed by atoms with Crippen LogP contribution in [0.4, 0.5) is 4.39 Å². The fraction of sp³-hybridized carbons (Fsp3) is 0.619. The number of carbonyl (C=O) groups excluding carboxylic acids is 2. The lowest BCUT2D eigenvalue weighted by Crippen LogP contribution is -2.07. The summed E-state index contributed by atoms with van der Waals surface area (Å²) in [5.41, 5.74) is 0. The molecule has 0 radical (unpaired) electrons. The molecule has 0 bridgehead atoms. The van der Waals surface area contributed by atoms with Crippen molar-refractivity contribution in [3.63, 3.8) is 0 Å². The van der Waals surface area contributed by atoms with Crippen LogP contribution in [0.15, 0.2) is 24.3 Å². The van der Waals surface area contributed by atoms with Crippen molar-refractivity contribution < 1.29 is 23.5 Å². The quantitative estimate of drug-likeness (QED) is 0.245. The highest BCUT2D eigenvalue weighted by Crippen LogP contribution is 2.14. The Morgan fingerprint density at radius 1 is 0.885 bits per heavy atom. The van der Waals surface area contributed by atoms with Crippen LogP contribution in [0.25, 0.3) is 0 Å². The van der Waals surface area contributed by atoms with Gasteiger partial charge in [-0.3, -0.25) is 9.59 Å². The first-order valence-electron chi connectivity index (χ1n) is 9.73. The summed E-state index contributed by atoms with van der Waals surface area (Å²) in [5, 5.41) is 0. The predicted octanol–water partition coefficient (Wildman–Crippen LogP) is 5.59. The molecule has 0 unspecified atom stereocenters. The molecule has 0 atom stereocenters. The van der Waals surface area contributed by atoms with Crippen molar-refractivity contribution >= 4 is 11.9 Å². The summed E-state index contributed by atoms with van der Waals surface area (Å²) in [4.78, 5) is 23.2. The molecule has 1 aromatic rings. The van der Waals surface area contributed by atoms with Gasteiger partial charge in [-0.15, -0.1) is 0 Å². The molecule has 0 fully saturated rings. The monoisotopic (exact) mass is 366 g/mol. The Balaban J connectivity index is 1.92. The maximum absolute atomic E-state index is 13.0. The second-order valence-corrected chi connectivity index (χ2v) is 6.48. The maximum atomic E-state index is 13.0. The molecule has 1 rings (SSSR count). The standard InChI is InChI=1S/C21H31FO4/c1-2-3-10-16-25-20(23)14-8-6-4-5-7-9-15-21(24)26-19-13-11-12-18(22)17-19/h11-13,17H,2-10,14-16H2,1H3. The summed E-state index contributed by atoms with van der Waals surface area (Å²) in [6.45, 7) is 2.66. The molecule has 26 heavy (non-hydrogen) atoms. The van der Waals surface area contributed by atoms with Crippen molar-refractivity contribution in [3.8, 4) is 5.75 Å². The number of rotatable bonds is 14. The zero-order valence-corrected chi connectivity index (χ0v) is 15.8. The second-order valence-electron chi connectivity index (χ2n) is 6.48. The highest BCUT2D eigenvalue weighted by molar-refractivity contribution is 5.72. The topological polar surface area (TPSA) is 52.6 Å². The minimum Gasteiger partial charge on any atom is -0.466 e. The SMILES string of the molecule is CCCCCOC(=O)CCCCCCCCC(=O)Oc1cccc(F)c1. The third-order valence-corrected chi connectivity index (χ3v) is 4.05. The summed E-state index contributed by atoms with van der Waals surface area (Å²) >= 11 is 0. The van der Waals surface area contributed by atoms with Gasteiger partial charge in [-0.1, -0.05) is 51.5 Å². The lowest BCUT2D eigenvalue weighted by atomic mass is 10.1. The van der Waals surface area contributed by atoms with E-state index < -0.39 is 5.82 Å². The number of unbranched alkanes of at least 4 members (excludes halogenated alkanes) is 7. The van der Waals surface area contributed by atoms with Crippen LogP contribution >= 0.6 is 0 Å². The molecular weight excluding hydrogens is 335 g/mol. The van der Waals surface area contributed by atoms with Crippen LogP contribution in [-0.4, -0.2) is 18.5 Å². The number of halogens is 1. The van der Waals surface area contributed by atoms with E-state index in [1.54, 1.807) is 6.07 Å². The molecule has 0 aliphatic heterocycles. The number of hydrogen-bond acceptors (Lipinski definition) is 4. The summed E-state index contributed by atoms with van der Waals surface area (Å²) in [6.07, 6.45) is 9.62. The van der Waals surface area contributed by atoms with E-state index in [-0.39, 0.29) is 17.7 Å². The summed E-state index contributed by atoms with van der Waals surface area (Å²) in [6, 6.07) is 5.59. The molecule has 4 nitrogen and oxygen atoms in total. The van der Waals surface area contributed by atoms with Gasteiger partial charge < -0.3 is 9.47 Å². The molecule has 0 saturated heterocycles. The van der Waals surface area contributed by atoms with E-state index in [1.165, 1.54) is 18.2 Å². The van der Waals surface area contributed by atoms with Crippen LogP contribution < -0.4 is 4.74 Å². The Morgan fingerprint density at radius 2 is 1.54 bits per heavy atom. The molecule has 0 saturated carbocycles. The van der Waals surface area contributed by atoms with Crippen molar-refractivity contribution in [2.45, 2.75) is 77.6 Å². The van der Waals surface area contributed by atoms with E-state index in [0.29, 0.717) is 19.4 Å². The molecule has 0 N–H and O–H groups in total. The summed E-state index contributed by atoms with van der Waals surface area (Å²) in [7, 11) is 0. The van der Waals surface area contributed by atoms with Crippen LogP contribution in [0.2, 0.25) is 0 Å². The van der Waals surface area contributed by atoms with Gasteiger partial charge in [0.1, 0.15) is 11.6 Å². The maximum Gasteiger partial charge on any atom is 0.311 e. The first-order valence-corrected chi connectivity index (χ1v) is 9.73. The Kier molecular flexibility index (Phi) is 12.2. The van der Waals surface area contributed by atoms with E-state index >= 15 is 0 Å². The van der Waals surface area contributed by atoms with E-state index in [1.807, 2.05) is 0 Å². The Hall–Kier alpha value is -1.91. The minimum atomic E-state index is -0.417. The third kappa shape index (κ3) is 11.6. The molecule has 0 spiro atoms. The largest absolute Gasteiger partial charge is 0.466 e. The second kappa shape index (κ2) is 14.3. The molecule has 0 aliphatic rings. The van der Waals surface area contributed by atoms with Gasteiger partial charge in [0.05, 0.1) is 6.61 Å². The average molecular weight is 366 g/mol. The lowest BCUT2D eigenvalue weighted by Gasteiger charge is -2.05. The Labute approximate surface area is 156 Å². The van der Waals surface area contributed by atoms with Gasteiger partial charge in [0.25, 0.3) is 0 Å². The Morgan fingerprint density at radius 3 is 2.19 bits per heavy atom. The van der Waals surface area contributed by atoms with Crippen LogP contribution in [0.1, 0.15) is 77.6 Å². The van der Waals surface area contributed by atoms with Gasteiger partial charge in [0, 0.05) is 18.9 Å². The fourth-order valence-corrected chi connectivity index (χ4v) is 2.57. The van der Waals surface area contributed by atoms with Gasteiger partial charge in [0.2, 0.25) is 0 Å². The number of esters is 2. The smallest absolute Gasteiger partial charge is 0.311 e. The molecule has 0 aliphatic carbocycles. The molecule has 0 heterocycles. The van der Waals surface area contributed by atoms with Gasteiger partial charge in [0.15, 0.2) is 0 Å². The number of benzene rings is 1. The summed E-state index contributed by atoms with van der Waals surface area (Å²) in [5.74, 6) is -0.598. The van der Waals surface area contributed by atoms with Gasteiger partial charge in [-0.05, 0) is 31.4 Å². The van der Waals surface area contributed by atoms with Crippen molar-refractivity contribution in [2.75, 3.05) is 6.61 Å². The van der Waals surface area contributed by atoms with E-state index in [4.69, 9.17) is 9.47 Å². The lowest BCUT2D eigenvalue weighted by molar-refractivity contribution is -0.144. The van der Waals surface area contributed by atoms with Gasteiger partial charge >= 0.3 is 11.9 Å². The number of carbonyl (C=O) groups is 2. The molecule has 1 aromatic carbocycles. The zero-order chi connectivity index (χ0) is 19.0. The van der Waals surface area contributed by atoms with E-state index in [9.17, 15) is 14.0 Å². The average Bonchev–Trinajstić information content (AvgIpc) is 2.61. The number of hydrogen-bond donors (Lipinski definition) is 0. The van der Waals surface area contributed by atoms with Gasteiger partial charge in [-0.2, -0.15) is 0 Å². The summed E-state index contributed by atoms with van der Waals surface area (Å²) < 4.78 is 23.2. The molecule has 0 aromatic heterocycles. The van der Waals surface area contributed by atoms with Crippen LogP contribution in [0.5, 0.6) is 5.75 Å². The first kappa shape index (κ1) is 22.1. The van der Waals surface area contributed by atoms with Crippen molar-refractivity contribution in [3.05, 3.63) is 30.1 Å². The zero-order valence-electron chi connectivity index (χ0n) is 15.8. The minimum absolute atomic E-state index is 0.0961. The Bertz CT molecular complexity index is 530. The highest BCUT2D eigenvalue weighted by atomic mass is 19.1. The van der Waals surface area contributed by atoms with Crippen molar-refractivity contribution in [2.24, 2.45) is 0 Å². The van der Waals surface area contributed by atoms with E-state index in [2.05, 4.69) is 6.92 Å². The van der Waals surface area contributed by atoms with Crippen LogP contribution in [0, 0.1) is 5.82 Å². The van der Waals surface area contributed by atoms with Crippen molar-refractivity contribution in [1.29, 1.82) is 0 Å². The normalized spacial score (nSPS) is 10.5.